The number of pyridine rings is 2. The van der Waals surface area contributed by atoms with Gasteiger partial charge in [-0.05, 0) is 43.7 Å². The molecular weight excluding hydrogens is 454 g/mol. The molecule has 0 aliphatic heterocycles. The van der Waals surface area contributed by atoms with Gasteiger partial charge in [0.15, 0.2) is 5.49 Å². The first-order chi connectivity index (χ1) is 16.8. The van der Waals surface area contributed by atoms with E-state index in [0.717, 1.165) is 0 Å². The summed E-state index contributed by atoms with van der Waals surface area (Å²) in [6.45, 7) is 3.93. The number of benzene rings is 1. The van der Waals surface area contributed by atoms with Crippen molar-refractivity contribution in [2.75, 3.05) is 6.61 Å². The average Bonchev–Trinajstić information content (AvgIpc) is 2.85. The molecule has 1 amide bonds. The topological polar surface area (TPSA) is 138 Å². The van der Waals surface area contributed by atoms with Crippen LogP contribution in [-0.2, 0) is 11.3 Å². The molecule has 0 fully saturated rings. The smallest absolute Gasteiger partial charge is 0.341 e. The van der Waals surface area contributed by atoms with E-state index in [2.05, 4.69) is 9.98 Å². The Morgan fingerprint density at radius 3 is 2.54 bits per heavy atom. The number of aryl methyl sites for hydroxylation is 1. The monoisotopic (exact) mass is 475 g/mol. The van der Waals surface area contributed by atoms with Gasteiger partial charge in [-0.1, -0.05) is 13.0 Å². The third-order valence-corrected chi connectivity index (χ3v) is 5.26. The lowest BCUT2D eigenvalue weighted by Gasteiger charge is -2.14. The predicted molar refractivity (Wildman–Crippen MR) is 126 cm³/mol. The van der Waals surface area contributed by atoms with Crippen LogP contribution in [0.2, 0.25) is 0 Å². The lowest BCUT2D eigenvalue weighted by molar-refractivity contribution is -0.384. The highest BCUT2D eigenvalue weighted by Gasteiger charge is 2.20. The van der Waals surface area contributed by atoms with Crippen LogP contribution in [0.5, 0.6) is 0 Å². The van der Waals surface area contributed by atoms with Crippen LogP contribution >= 0.6 is 0 Å². The molecule has 4 aromatic rings. The molecule has 11 nitrogen and oxygen atoms in total. The number of aromatic nitrogens is 3. The number of carbonyl (C=O) groups is 2. The molecule has 0 N–H and O–H groups in total. The van der Waals surface area contributed by atoms with Crippen LogP contribution in [0.25, 0.3) is 16.7 Å². The molecule has 1 aromatic carbocycles. The van der Waals surface area contributed by atoms with Gasteiger partial charge in [0.25, 0.3) is 17.2 Å². The SMILES string of the molecule is CCCn1c(=NC(=O)c2ccc([N+](=O)[O-])cc2)c(C(=O)OCC)cc2c(=O)n3ccccc3nc21. The van der Waals surface area contributed by atoms with Crippen molar-refractivity contribution in [2.24, 2.45) is 4.99 Å². The third-order valence-electron chi connectivity index (χ3n) is 5.26. The summed E-state index contributed by atoms with van der Waals surface area (Å²) < 4.78 is 8.10. The second kappa shape index (κ2) is 9.67. The van der Waals surface area contributed by atoms with E-state index >= 15 is 0 Å². The van der Waals surface area contributed by atoms with Gasteiger partial charge < -0.3 is 9.30 Å². The summed E-state index contributed by atoms with van der Waals surface area (Å²) in [5, 5.41) is 11.1. The Labute approximate surface area is 198 Å². The maximum atomic E-state index is 13.2. The first-order valence-corrected chi connectivity index (χ1v) is 10.9. The van der Waals surface area contributed by atoms with E-state index in [1.807, 2.05) is 6.92 Å². The van der Waals surface area contributed by atoms with Gasteiger partial charge in [-0.3, -0.25) is 24.1 Å². The first-order valence-electron chi connectivity index (χ1n) is 10.9. The number of rotatable bonds is 6. The van der Waals surface area contributed by atoms with Crippen molar-refractivity contribution in [1.29, 1.82) is 0 Å². The van der Waals surface area contributed by atoms with Gasteiger partial charge in [-0.2, -0.15) is 4.99 Å². The van der Waals surface area contributed by atoms with Crippen molar-refractivity contribution >= 4 is 34.2 Å². The van der Waals surface area contributed by atoms with Crippen LogP contribution < -0.4 is 11.0 Å². The quantitative estimate of drug-likeness (QED) is 0.181. The molecule has 3 heterocycles. The Hall–Kier alpha value is -4.67. The molecule has 0 saturated carbocycles. The molecule has 0 atom stereocenters. The zero-order valence-electron chi connectivity index (χ0n) is 19.0. The molecule has 0 unspecified atom stereocenters. The van der Waals surface area contributed by atoms with Crippen LogP contribution in [0.3, 0.4) is 0 Å². The van der Waals surface area contributed by atoms with Crippen molar-refractivity contribution < 1.29 is 19.2 Å². The number of amides is 1. The number of nitrogens with zero attached hydrogens (tertiary/aromatic N) is 5. The molecule has 0 spiro atoms. The van der Waals surface area contributed by atoms with Gasteiger partial charge in [0, 0.05) is 30.4 Å². The zero-order valence-corrected chi connectivity index (χ0v) is 19.0. The summed E-state index contributed by atoms with van der Waals surface area (Å²) in [5.74, 6) is -1.46. The number of esters is 1. The number of carbonyl (C=O) groups excluding carboxylic acids is 2. The molecule has 0 aliphatic carbocycles. The standard InChI is InChI=1S/C24H21N5O6/c1-3-12-28-20-17(23(31)27-13-6-5-7-19(27)25-20)14-18(24(32)35-4-2)21(28)26-22(30)15-8-10-16(11-9-15)29(33)34/h5-11,13-14H,3-4,12H2,1-2H3. The summed E-state index contributed by atoms with van der Waals surface area (Å²) in [5.41, 5.74) is 0.148. The number of fused-ring (bicyclic) bond motifs is 2. The maximum Gasteiger partial charge on any atom is 0.341 e. The van der Waals surface area contributed by atoms with E-state index in [0.29, 0.717) is 18.6 Å². The Morgan fingerprint density at radius 1 is 1.14 bits per heavy atom. The lowest BCUT2D eigenvalue weighted by atomic mass is 10.2. The number of hydrogen-bond acceptors (Lipinski definition) is 7. The number of non-ortho nitro benzene ring substituents is 1. The second-order valence-corrected chi connectivity index (χ2v) is 7.56. The Kier molecular flexibility index (Phi) is 6.49. The second-order valence-electron chi connectivity index (χ2n) is 7.56. The largest absolute Gasteiger partial charge is 0.462 e. The molecule has 11 heteroatoms. The number of nitro groups is 1. The van der Waals surface area contributed by atoms with Gasteiger partial charge in [-0.25, -0.2) is 9.78 Å². The Bertz CT molecular complexity index is 1600. The van der Waals surface area contributed by atoms with Crippen LogP contribution in [0.15, 0.2) is 64.5 Å². The van der Waals surface area contributed by atoms with Crippen molar-refractivity contribution in [3.05, 3.63) is 91.8 Å². The molecule has 0 radical (unpaired) electrons. The van der Waals surface area contributed by atoms with Gasteiger partial charge in [0.05, 0.1) is 16.9 Å². The van der Waals surface area contributed by atoms with Gasteiger partial charge >= 0.3 is 5.97 Å². The van der Waals surface area contributed by atoms with E-state index in [4.69, 9.17) is 4.74 Å². The fourth-order valence-electron chi connectivity index (χ4n) is 3.68. The molecule has 35 heavy (non-hydrogen) atoms. The Balaban J connectivity index is 2.05. The van der Waals surface area contributed by atoms with Crippen LogP contribution in [-0.4, -0.2) is 37.4 Å². The predicted octanol–water partition coefficient (Wildman–Crippen LogP) is 2.89. The average molecular weight is 475 g/mol. The molecule has 0 bridgehead atoms. The molecule has 4 rings (SSSR count). The summed E-state index contributed by atoms with van der Waals surface area (Å²) in [4.78, 5) is 58.2. The van der Waals surface area contributed by atoms with E-state index in [1.165, 1.54) is 34.7 Å². The minimum atomic E-state index is -0.743. The molecule has 0 saturated heterocycles. The van der Waals surface area contributed by atoms with Crippen LogP contribution in [0, 0.1) is 10.1 Å². The summed E-state index contributed by atoms with van der Waals surface area (Å²) in [6, 6.07) is 11.4. The molecular formula is C24H21N5O6. The van der Waals surface area contributed by atoms with E-state index in [9.17, 15) is 24.5 Å². The van der Waals surface area contributed by atoms with E-state index < -0.39 is 16.8 Å². The summed E-state index contributed by atoms with van der Waals surface area (Å²) in [7, 11) is 0. The van der Waals surface area contributed by atoms with Gasteiger partial charge in [0.2, 0.25) is 0 Å². The van der Waals surface area contributed by atoms with Crippen LogP contribution in [0.4, 0.5) is 5.69 Å². The highest BCUT2D eigenvalue weighted by Crippen LogP contribution is 2.14. The number of ether oxygens (including phenoxy) is 1. The lowest BCUT2D eigenvalue weighted by Crippen LogP contribution is -2.32. The highest BCUT2D eigenvalue weighted by atomic mass is 16.6. The van der Waals surface area contributed by atoms with Crippen LogP contribution in [0.1, 0.15) is 41.0 Å². The van der Waals surface area contributed by atoms with E-state index in [1.54, 1.807) is 35.9 Å². The number of nitro benzene ring substituents is 1. The maximum absolute atomic E-state index is 13.2. The summed E-state index contributed by atoms with van der Waals surface area (Å²) in [6.07, 6.45) is 2.17. The normalized spacial score (nSPS) is 11.7. The fourth-order valence-corrected chi connectivity index (χ4v) is 3.68. The summed E-state index contributed by atoms with van der Waals surface area (Å²) >= 11 is 0. The van der Waals surface area contributed by atoms with Gasteiger partial charge in [0.1, 0.15) is 16.9 Å². The minimum Gasteiger partial charge on any atom is -0.462 e. The van der Waals surface area contributed by atoms with Crippen molar-refractivity contribution in [3.63, 3.8) is 0 Å². The van der Waals surface area contributed by atoms with Crippen molar-refractivity contribution in [3.8, 4) is 0 Å². The fraction of sp³-hybridized carbons (Fsp3) is 0.208. The Morgan fingerprint density at radius 2 is 1.89 bits per heavy atom. The molecule has 178 valence electrons. The van der Waals surface area contributed by atoms with Crippen molar-refractivity contribution in [1.82, 2.24) is 14.0 Å². The molecule has 0 aliphatic rings. The number of hydrogen-bond donors (Lipinski definition) is 0. The van der Waals surface area contributed by atoms with Gasteiger partial charge in [-0.15, -0.1) is 0 Å². The van der Waals surface area contributed by atoms with E-state index in [-0.39, 0.29) is 45.5 Å². The minimum absolute atomic E-state index is 0.00617. The molecule has 3 aromatic heterocycles. The van der Waals surface area contributed by atoms with Crippen molar-refractivity contribution in [2.45, 2.75) is 26.8 Å². The zero-order chi connectivity index (χ0) is 25.1. The highest BCUT2D eigenvalue weighted by molar-refractivity contribution is 5.97. The third kappa shape index (κ3) is 4.43. The first kappa shape index (κ1) is 23.5.